The highest BCUT2D eigenvalue weighted by atomic mass is 19.1. The van der Waals surface area contributed by atoms with Crippen LogP contribution in [0, 0.1) is 15.9 Å². The highest BCUT2D eigenvalue weighted by molar-refractivity contribution is 5.98. The molecule has 0 atom stereocenters. The minimum Gasteiger partial charge on any atom is -0.394 e. The number of nitro groups is 1. The number of hydrogen-bond donors (Lipinski definition) is 2. The van der Waals surface area contributed by atoms with Crippen LogP contribution in [0.3, 0.4) is 0 Å². The lowest BCUT2D eigenvalue weighted by Gasteiger charge is -2.06. The van der Waals surface area contributed by atoms with E-state index in [0.29, 0.717) is 19.1 Å². The van der Waals surface area contributed by atoms with Crippen molar-refractivity contribution in [2.24, 2.45) is 0 Å². The van der Waals surface area contributed by atoms with E-state index in [1.807, 2.05) is 0 Å². The fraction of sp³-hybridized carbons (Fsp3) is 0.417. The second-order valence-electron chi connectivity index (χ2n) is 3.86. The fourth-order valence-electron chi connectivity index (χ4n) is 1.49. The van der Waals surface area contributed by atoms with Crippen molar-refractivity contribution in [3.63, 3.8) is 0 Å². The SMILES string of the molecule is O=C(NCCCOCCO)c1ccc(F)cc1[N+](=O)[O-]. The lowest BCUT2D eigenvalue weighted by molar-refractivity contribution is -0.385. The molecular weight excluding hydrogens is 271 g/mol. The summed E-state index contributed by atoms with van der Waals surface area (Å²) in [6.45, 7) is 0.761. The molecule has 8 heteroatoms. The molecule has 0 fully saturated rings. The largest absolute Gasteiger partial charge is 0.394 e. The van der Waals surface area contributed by atoms with Gasteiger partial charge in [-0.05, 0) is 18.6 Å². The molecule has 7 nitrogen and oxygen atoms in total. The summed E-state index contributed by atoms with van der Waals surface area (Å²) in [4.78, 5) is 21.7. The Bertz CT molecular complexity index is 481. The van der Waals surface area contributed by atoms with E-state index in [9.17, 15) is 19.3 Å². The molecular formula is C12H15FN2O5. The molecule has 1 amide bonds. The first-order valence-electron chi connectivity index (χ1n) is 5.97. The van der Waals surface area contributed by atoms with E-state index in [2.05, 4.69) is 5.32 Å². The van der Waals surface area contributed by atoms with Crippen LogP contribution in [0.5, 0.6) is 0 Å². The predicted molar refractivity (Wildman–Crippen MR) is 67.9 cm³/mol. The van der Waals surface area contributed by atoms with Gasteiger partial charge in [-0.15, -0.1) is 0 Å². The van der Waals surface area contributed by atoms with Crippen molar-refractivity contribution in [1.82, 2.24) is 5.32 Å². The van der Waals surface area contributed by atoms with Crippen LogP contribution in [0.4, 0.5) is 10.1 Å². The summed E-state index contributed by atoms with van der Waals surface area (Å²) in [7, 11) is 0. The van der Waals surface area contributed by atoms with E-state index in [1.165, 1.54) is 0 Å². The maximum atomic E-state index is 12.9. The molecule has 20 heavy (non-hydrogen) atoms. The number of halogens is 1. The summed E-state index contributed by atoms with van der Waals surface area (Å²) >= 11 is 0. The molecule has 1 rings (SSSR count). The maximum absolute atomic E-state index is 12.9. The van der Waals surface area contributed by atoms with E-state index >= 15 is 0 Å². The normalized spacial score (nSPS) is 10.3. The zero-order valence-electron chi connectivity index (χ0n) is 10.7. The highest BCUT2D eigenvalue weighted by Gasteiger charge is 2.20. The Labute approximate surface area is 114 Å². The highest BCUT2D eigenvalue weighted by Crippen LogP contribution is 2.19. The summed E-state index contributed by atoms with van der Waals surface area (Å²) in [5.41, 5.74) is -0.758. The van der Waals surface area contributed by atoms with Gasteiger partial charge in [-0.1, -0.05) is 0 Å². The van der Waals surface area contributed by atoms with Crippen LogP contribution in [0.15, 0.2) is 18.2 Å². The van der Waals surface area contributed by atoms with Crippen molar-refractivity contribution >= 4 is 11.6 Å². The van der Waals surface area contributed by atoms with Gasteiger partial charge in [-0.25, -0.2) is 4.39 Å². The van der Waals surface area contributed by atoms with Gasteiger partial charge in [0, 0.05) is 13.2 Å². The Hall–Kier alpha value is -2.06. The van der Waals surface area contributed by atoms with Crippen molar-refractivity contribution in [3.8, 4) is 0 Å². The van der Waals surface area contributed by atoms with Crippen LogP contribution >= 0.6 is 0 Å². The van der Waals surface area contributed by atoms with Gasteiger partial charge < -0.3 is 15.2 Å². The first-order chi connectivity index (χ1) is 9.56. The Morgan fingerprint density at radius 3 is 2.85 bits per heavy atom. The van der Waals surface area contributed by atoms with Crippen molar-refractivity contribution in [2.45, 2.75) is 6.42 Å². The number of carbonyl (C=O) groups is 1. The number of hydrogen-bond acceptors (Lipinski definition) is 5. The zero-order valence-corrected chi connectivity index (χ0v) is 10.7. The molecule has 0 aliphatic heterocycles. The molecule has 0 aromatic heterocycles. The second-order valence-corrected chi connectivity index (χ2v) is 3.86. The topological polar surface area (TPSA) is 102 Å². The molecule has 1 aromatic rings. The molecule has 0 saturated carbocycles. The number of amides is 1. The first kappa shape index (κ1) is 16.0. The smallest absolute Gasteiger partial charge is 0.285 e. The third-order valence-electron chi connectivity index (χ3n) is 2.39. The Morgan fingerprint density at radius 1 is 1.45 bits per heavy atom. The van der Waals surface area contributed by atoms with Gasteiger partial charge >= 0.3 is 0 Å². The van der Waals surface area contributed by atoms with Crippen LogP contribution in [-0.4, -0.2) is 42.3 Å². The average molecular weight is 286 g/mol. The Kier molecular flexibility index (Phi) is 6.54. The molecule has 2 N–H and O–H groups in total. The molecule has 0 aliphatic rings. The second kappa shape index (κ2) is 8.18. The van der Waals surface area contributed by atoms with Gasteiger partial charge in [0.2, 0.25) is 0 Å². The summed E-state index contributed by atoms with van der Waals surface area (Å²) in [6, 6.07) is 2.77. The van der Waals surface area contributed by atoms with Crippen molar-refractivity contribution < 1.29 is 24.0 Å². The number of aliphatic hydroxyl groups is 1. The summed E-state index contributed by atoms with van der Waals surface area (Å²) in [5.74, 6) is -1.41. The van der Waals surface area contributed by atoms with Crippen LogP contribution in [0.1, 0.15) is 16.8 Å². The zero-order chi connectivity index (χ0) is 15.0. The molecule has 0 spiro atoms. The quantitative estimate of drug-likeness (QED) is 0.419. The van der Waals surface area contributed by atoms with Gasteiger partial charge in [0.1, 0.15) is 11.4 Å². The number of ether oxygens (including phenoxy) is 1. The van der Waals surface area contributed by atoms with Crippen LogP contribution in [0.25, 0.3) is 0 Å². The number of benzene rings is 1. The van der Waals surface area contributed by atoms with E-state index in [-0.39, 0.29) is 25.3 Å². The number of nitrogens with zero attached hydrogens (tertiary/aromatic N) is 1. The van der Waals surface area contributed by atoms with Gasteiger partial charge in [0.15, 0.2) is 0 Å². The molecule has 0 heterocycles. The standard InChI is InChI=1S/C12H15FN2O5/c13-9-2-3-10(11(8-9)15(18)19)12(17)14-4-1-6-20-7-5-16/h2-3,8,16H,1,4-7H2,(H,14,17). The Balaban J connectivity index is 2.53. The third kappa shape index (κ3) is 4.90. The molecule has 0 bridgehead atoms. The monoisotopic (exact) mass is 286 g/mol. The Morgan fingerprint density at radius 2 is 2.20 bits per heavy atom. The number of carbonyl (C=O) groups excluding carboxylic acids is 1. The average Bonchev–Trinajstić information content (AvgIpc) is 2.42. The summed E-state index contributed by atoms with van der Waals surface area (Å²) in [6.07, 6.45) is 0.501. The lowest BCUT2D eigenvalue weighted by Crippen LogP contribution is -2.26. The molecule has 0 aliphatic carbocycles. The summed E-state index contributed by atoms with van der Waals surface area (Å²) in [5, 5.41) is 21.7. The molecule has 0 unspecified atom stereocenters. The first-order valence-corrected chi connectivity index (χ1v) is 5.97. The minimum absolute atomic E-state index is 0.0753. The number of aliphatic hydroxyl groups excluding tert-OH is 1. The van der Waals surface area contributed by atoms with Crippen LogP contribution < -0.4 is 5.32 Å². The van der Waals surface area contributed by atoms with E-state index in [1.54, 1.807) is 0 Å². The van der Waals surface area contributed by atoms with Crippen molar-refractivity contribution in [1.29, 1.82) is 0 Å². The third-order valence-corrected chi connectivity index (χ3v) is 2.39. The number of nitrogens with one attached hydrogen (secondary N) is 1. The molecule has 0 radical (unpaired) electrons. The van der Waals surface area contributed by atoms with Crippen molar-refractivity contribution in [3.05, 3.63) is 39.7 Å². The molecule has 0 saturated heterocycles. The predicted octanol–water partition coefficient (Wildman–Crippen LogP) is 0.863. The van der Waals surface area contributed by atoms with Gasteiger partial charge in [-0.3, -0.25) is 14.9 Å². The number of rotatable bonds is 8. The minimum atomic E-state index is -0.803. The lowest BCUT2D eigenvalue weighted by atomic mass is 10.1. The van der Waals surface area contributed by atoms with Crippen molar-refractivity contribution in [2.75, 3.05) is 26.4 Å². The van der Waals surface area contributed by atoms with Crippen LogP contribution in [0.2, 0.25) is 0 Å². The van der Waals surface area contributed by atoms with Gasteiger partial charge in [0.25, 0.3) is 11.6 Å². The molecule has 110 valence electrons. The fourth-order valence-corrected chi connectivity index (χ4v) is 1.49. The number of nitro benzene ring substituents is 1. The van der Waals surface area contributed by atoms with Gasteiger partial charge in [0.05, 0.1) is 24.2 Å². The van der Waals surface area contributed by atoms with E-state index in [0.717, 1.165) is 12.1 Å². The molecule has 1 aromatic carbocycles. The van der Waals surface area contributed by atoms with E-state index in [4.69, 9.17) is 9.84 Å². The van der Waals surface area contributed by atoms with E-state index < -0.39 is 22.3 Å². The van der Waals surface area contributed by atoms with Crippen LogP contribution in [-0.2, 0) is 4.74 Å². The van der Waals surface area contributed by atoms with Gasteiger partial charge in [-0.2, -0.15) is 0 Å². The maximum Gasteiger partial charge on any atom is 0.285 e. The summed E-state index contributed by atoms with van der Waals surface area (Å²) < 4.78 is 17.9.